The van der Waals surface area contributed by atoms with Crippen molar-refractivity contribution in [1.29, 1.82) is 0 Å². The second-order valence-corrected chi connectivity index (χ2v) is 5.08. The maximum absolute atomic E-state index is 5.65. The maximum atomic E-state index is 5.65. The lowest BCUT2D eigenvalue weighted by molar-refractivity contribution is 0.271. The summed E-state index contributed by atoms with van der Waals surface area (Å²) in [5.74, 6) is 2.36. The predicted molar refractivity (Wildman–Crippen MR) is 77.3 cm³/mol. The summed E-state index contributed by atoms with van der Waals surface area (Å²) in [7, 11) is 1.91. The summed E-state index contributed by atoms with van der Waals surface area (Å²) in [5.41, 5.74) is 1.21. The second kappa shape index (κ2) is 6.27. The van der Waals surface area contributed by atoms with Crippen molar-refractivity contribution in [3.63, 3.8) is 0 Å². The van der Waals surface area contributed by atoms with E-state index < -0.39 is 0 Å². The standard InChI is InChI=1S/C15H21N3O/c1-12(2)11-19-14-6-4-13(5-7-14)10-16-15-8-9-18(3)17-15/h4-9,12H,10-11H2,1-3H3,(H,16,17). The van der Waals surface area contributed by atoms with Gasteiger partial charge in [0.25, 0.3) is 0 Å². The minimum atomic E-state index is 0.547. The molecule has 1 heterocycles. The molecule has 1 aromatic carbocycles. The smallest absolute Gasteiger partial charge is 0.148 e. The van der Waals surface area contributed by atoms with Crippen molar-refractivity contribution in [3.8, 4) is 5.75 Å². The molecule has 0 unspecified atom stereocenters. The summed E-state index contributed by atoms with van der Waals surface area (Å²) in [6, 6.07) is 10.1. The summed E-state index contributed by atoms with van der Waals surface area (Å²) in [4.78, 5) is 0. The van der Waals surface area contributed by atoms with Crippen LogP contribution < -0.4 is 10.1 Å². The predicted octanol–water partition coefficient (Wildman–Crippen LogP) is 3.07. The van der Waals surface area contributed by atoms with Crippen LogP contribution in [-0.4, -0.2) is 16.4 Å². The van der Waals surface area contributed by atoms with Gasteiger partial charge in [0.05, 0.1) is 6.61 Å². The number of benzene rings is 1. The number of nitrogens with zero attached hydrogens (tertiary/aromatic N) is 2. The molecule has 0 aliphatic heterocycles. The van der Waals surface area contributed by atoms with Gasteiger partial charge in [0.15, 0.2) is 0 Å². The molecule has 102 valence electrons. The fraction of sp³-hybridized carbons (Fsp3) is 0.400. The van der Waals surface area contributed by atoms with Crippen molar-refractivity contribution >= 4 is 5.82 Å². The van der Waals surface area contributed by atoms with Crippen molar-refractivity contribution in [2.75, 3.05) is 11.9 Å². The fourth-order valence-corrected chi connectivity index (χ4v) is 1.67. The van der Waals surface area contributed by atoms with Crippen LogP contribution in [0.15, 0.2) is 36.5 Å². The van der Waals surface area contributed by atoms with E-state index in [1.54, 1.807) is 4.68 Å². The van der Waals surface area contributed by atoms with E-state index in [1.165, 1.54) is 5.56 Å². The van der Waals surface area contributed by atoms with Crippen LogP contribution >= 0.6 is 0 Å². The van der Waals surface area contributed by atoms with Crippen LogP contribution in [0.2, 0.25) is 0 Å². The first-order valence-corrected chi connectivity index (χ1v) is 6.59. The number of nitrogens with one attached hydrogen (secondary N) is 1. The summed E-state index contributed by atoms with van der Waals surface area (Å²) >= 11 is 0. The first-order valence-electron chi connectivity index (χ1n) is 6.59. The summed E-state index contributed by atoms with van der Waals surface area (Å²) in [5, 5.41) is 7.55. The van der Waals surface area contributed by atoms with Crippen molar-refractivity contribution in [2.24, 2.45) is 13.0 Å². The molecule has 2 aromatic rings. The second-order valence-electron chi connectivity index (χ2n) is 5.08. The molecular formula is C15H21N3O. The van der Waals surface area contributed by atoms with Crippen LogP contribution in [0.1, 0.15) is 19.4 Å². The Bertz CT molecular complexity index is 502. The zero-order chi connectivity index (χ0) is 13.7. The molecule has 0 saturated carbocycles. The SMILES string of the molecule is CC(C)COc1ccc(CNc2ccn(C)n2)cc1. The van der Waals surface area contributed by atoms with Crippen LogP contribution in [0.3, 0.4) is 0 Å². The monoisotopic (exact) mass is 259 g/mol. The van der Waals surface area contributed by atoms with Gasteiger partial charge in [0.1, 0.15) is 11.6 Å². The highest BCUT2D eigenvalue weighted by Gasteiger charge is 1.99. The average molecular weight is 259 g/mol. The first kappa shape index (κ1) is 13.5. The molecule has 1 aromatic heterocycles. The van der Waals surface area contributed by atoms with Gasteiger partial charge in [0.2, 0.25) is 0 Å². The molecule has 0 spiro atoms. The third-order valence-electron chi connectivity index (χ3n) is 2.69. The molecule has 0 radical (unpaired) electrons. The number of hydrogen-bond donors (Lipinski definition) is 1. The average Bonchev–Trinajstić information content (AvgIpc) is 2.81. The van der Waals surface area contributed by atoms with E-state index in [2.05, 4.69) is 36.4 Å². The zero-order valence-electron chi connectivity index (χ0n) is 11.8. The van der Waals surface area contributed by atoms with Gasteiger partial charge in [-0.25, -0.2) is 0 Å². The van der Waals surface area contributed by atoms with E-state index in [1.807, 2.05) is 31.4 Å². The van der Waals surface area contributed by atoms with Gasteiger partial charge < -0.3 is 10.1 Å². The normalized spacial score (nSPS) is 10.7. The topological polar surface area (TPSA) is 39.1 Å². The molecule has 0 fully saturated rings. The molecule has 2 rings (SSSR count). The Morgan fingerprint density at radius 2 is 1.95 bits per heavy atom. The van der Waals surface area contributed by atoms with Gasteiger partial charge in [-0.3, -0.25) is 4.68 Å². The minimum absolute atomic E-state index is 0.547. The van der Waals surface area contributed by atoms with E-state index in [9.17, 15) is 0 Å². The van der Waals surface area contributed by atoms with E-state index >= 15 is 0 Å². The van der Waals surface area contributed by atoms with Gasteiger partial charge in [-0.1, -0.05) is 26.0 Å². The Hall–Kier alpha value is -1.97. The number of aromatic nitrogens is 2. The lowest BCUT2D eigenvalue weighted by Crippen LogP contribution is -2.05. The molecule has 0 aliphatic rings. The molecule has 19 heavy (non-hydrogen) atoms. The van der Waals surface area contributed by atoms with Gasteiger partial charge >= 0.3 is 0 Å². The minimum Gasteiger partial charge on any atom is -0.493 e. The van der Waals surface area contributed by atoms with Crippen LogP contribution in [0.5, 0.6) is 5.75 Å². The molecule has 4 nitrogen and oxygen atoms in total. The number of aryl methyl sites for hydroxylation is 1. The van der Waals surface area contributed by atoms with Crippen LogP contribution in [0.4, 0.5) is 5.82 Å². The Kier molecular flexibility index (Phi) is 4.44. The van der Waals surface area contributed by atoms with Gasteiger partial charge in [-0.2, -0.15) is 5.10 Å². The Labute approximate surface area is 114 Å². The summed E-state index contributed by atoms with van der Waals surface area (Å²) < 4.78 is 7.44. The lowest BCUT2D eigenvalue weighted by Gasteiger charge is -2.09. The Morgan fingerprint density at radius 3 is 2.53 bits per heavy atom. The van der Waals surface area contributed by atoms with Crippen molar-refractivity contribution in [1.82, 2.24) is 9.78 Å². The quantitative estimate of drug-likeness (QED) is 0.866. The molecule has 0 bridgehead atoms. The zero-order valence-corrected chi connectivity index (χ0v) is 11.8. The van der Waals surface area contributed by atoms with Gasteiger partial charge in [-0.05, 0) is 23.6 Å². The molecule has 0 aliphatic carbocycles. The molecule has 0 amide bonds. The molecule has 4 heteroatoms. The maximum Gasteiger partial charge on any atom is 0.148 e. The van der Waals surface area contributed by atoms with Crippen molar-refractivity contribution in [3.05, 3.63) is 42.1 Å². The number of hydrogen-bond acceptors (Lipinski definition) is 3. The highest BCUT2D eigenvalue weighted by molar-refractivity contribution is 5.35. The van der Waals surface area contributed by atoms with Crippen molar-refractivity contribution in [2.45, 2.75) is 20.4 Å². The van der Waals surface area contributed by atoms with Crippen molar-refractivity contribution < 1.29 is 4.74 Å². The highest BCUT2D eigenvalue weighted by atomic mass is 16.5. The fourth-order valence-electron chi connectivity index (χ4n) is 1.67. The van der Waals surface area contributed by atoms with E-state index in [4.69, 9.17) is 4.74 Å². The van der Waals surface area contributed by atoms with E-state index in [0.717, 1.165) is 24.7 Å². The molecular weight excluding hydrogens is 238 g/mol. The highest BCUT2D eigenvalue weighted by Crippen LogP contribution is 2.14. The number of ether oxygens (including phenoxy) is 1. The Balaban J connectivity index is 1.84. The Morgan fingerprint density at radius 1 is 1.21 bits per heavy atom. The van der Waals surface area contributed by atoms with Crippen LogP contribution in [0, 0.1) is 5.92 Å². The first-order chi connectivity index (χ1) is 9.13. The van der Waals surface area contributed by atoms with Gasteiger partial charge in [0, 0.05) is 25.9 Å². The third kappa shape index (κ3) is 4.32. The third-order valence-corrected chi connectivity index (χ3v) is 2.69. The van der Waals surface area contributed by atoms with E-state index in [-0.39, 0.29) is 0 Å². The summed E-state index contributed by atoms with van der Waals surface area (Å²) in [6.45, 7) is 5.81. The van der Waals surface area contributed by atoms with Gasteiger partial charge in [-0.15, -0.1) is 0 Å². The van der Waals surface area contributed by atoms with Crippen LogP contribution in [-0.2, 0) is 13.6 Å². The lowest BCUT2D eigenvalue weighted by atomic mass is 10.2. The summed E-state index contributed by atoms with van der Waals surface area (Å²) in [6.07, 6.45) is 1.92. The van der Waals surface area contributed by atoms with Crippen LogP contribution in [0.25, 0.3) is 0 Å². The molecule has 0 saturated heterocycles. The van der Waals surface area contributed by atoms with E-state index in [0.29, 0.717) is 5.92 Å². The number of rotatable bonds is 6. The largest absolute Gasteiger partial charge is 0.493 e. The molecule has 0 atom stereocenters. The number of anilines is 1. The molecule has 1 N–H and O–H groups in total.